The molecular formula is C16H16FN3. The van der Waals surface area contributed by atoms with Crippen LogP contribution in [0.2, 0.25) is 0 Å². The first-order valence-electron chi connectivity index (χ1n) is 6.71. The molecule has 0 unspecified atom stereocenters. The molecule has 3 rings (SSSR count). The summed E-state index contributed by atoms with van der Waals surface area (Å²) in [7, 11) is 0. The smallest absolute Gasteiger partial charge is 0.160 e. The monoisotopic (exact) mass is 269 g/mol. The number of fused-ring (bicyclic) bond motifs is 1. The third kappa shape index (κ3) is 2.41. The molecule has 4 heteroatoms. The lowest BCUT2D eigenvalue weighted by Gasteiger charge is -2.06. The van der Waals surface area contributed by atoms with Gasteiger partial charge in [0.2, 0.25) is 0 Å². The first kappa shape index (κ1) is 12.8. The van der Waals surface area contributed by atoms with Gasteiger partial charge < -0.3 is 0 Å². The second-order valence-electron chi connectivity index (χ2n) is 5.28. The quantitative estimate of drug-likeness (QED) is 0.727. The highest BCUT2D eigenvalue weighted by Crippen LogP contribution is 2.16. The van der Waals surface area contributed by atoms with Gasteiger partial charge in [-0.3, -0.25) is 4.40 Å². The Hall–Kier alpha value is -2.23. The van der Waals surface area contributed by atoms with Crippen molar-refractivity contribution in [2.75, 3.05) is 0 Å². The number of halogens is 1. The van der Waals surface area contributed by atoms with Crippen LogP contribution in [0.3, 0.4) is 0 Å². The molecule has 0 spiro atoms. The fraction of sp³-hybridized carbons (Fsp3) is 0.250. The van der Waals surface area contributed by atoms with Crippen molar-refractivity contribution >= 4 is 5.65 Å². The highest BCUT2D eigenvalue weighted by Gasteiger charge is 2.09. The average molecular weight is 269 g/mol. The van der Waals surface area contributed by atoms with Gasteiger partial charge in [-0.15, -0.1) is 10.2 Å². The maximum Gasteiger partial charge on any atom is 0.160 e. The van der Waals surface area contributed by atoms with Gasteiger partial charge >= 0.3 is 0 Å². The van der Waals surface area contributed by atoms with Gasteiger partial charge in [0, 0.05) is 12.1 Å². The molecule has 0 atom stereocenters. The molecule has 0 aliphatic heterocycles. The molecule has 0 amide bonds. The van der Waals surface area contributed by atoms with E-state index in [1.807, 2.05) is 28.7 Å². The maximum atomic E-state index is 12.9. The molecule has 1 aromatic carbocycles. The van der Waals surface area contributed by atoms with Gasteiger partial charge in [0.1, 0.15) is 11.6 Å². The normalized spacial score (nSPS) is 11.4. The third-order valence-corrected chi connectivity index (χ3v) is 3.33. The predicted molar refractivity (Wildman–Crippen MR) is 76.3 cm³/mol. The lowest BCUT2D eigenvalue weighted by Crippen LogP contribution is -1.99. The highest BCUT2D eigenvalue weighted by molar-refractivity contribution is 5.41. The van der Waals surface area contributed by atoms with Crippen molar-refractivity contribution in [3.05, 3.63) is 65.4 Å². The first-order chi connectivity index (χ1) is 9.63. The van der Waals surface area contributed by atoms with Crippen molar-refractivity contribution < 1.29 is 4.39 Å². The SMILES string of the molecule is CC(C)c1nnc2ccc(Cc3ccc(F)cc3)cn12. The second-order valence-corrected chi connectivity index (χ2v) is 5.28. The van der Waals surface area contributed by atoms with E-state index in [1.165, 1.54) is 12.1 Å². The molecule has 20 heavy (non-hydrogen) atoms. The minimum atomic E-state index is -0.204. The molecule has 3 aromatic rings. The molecule has 0 N–H and O–H groups in total. The van der Waals surface area contributed by atoms with Crippen molar-refractivity contribution in [3.63, 3.8) is 0 Å². The summed E-state index contributed by atoms with van der Waals surface area (Å²) in [5.74, 6) is 1.08. The van der Waals surface area contributed by atoms with Crippen LogP contribution < -0.4 is 0 Å². The molecule has 0 aliphatic rings. The number of pyridine rings is 1. The van der Waals surface area contributed by atoms with Gasteiger partial charge in [0.15, 0.2) is 5.65 Å². The Morgan fingerprint density at radius 1 is 1.00 bits per heavy atom. The van der Waals surface area contributed by atoms with Gasteiger partial charge in [0.05, 0.1) is 0 Å². The van der Waals surface area contributed by atoms with Crippen LogP contribution in [0.25, 0.3) is 5.65 Å². The zero-order chi connectivity index (χ0) is 14.1. The van der Waals surface area contributed by atoms with E-state index in [1.54, 1.807) is 0 Å². The van der Waals surface area contributed by atoms with Gasteiger partial charge in [-0.2, -0.15) is 0 Å². The average Bonchev–Trinajstić information content (AvgIpc) is 2.84. The Kier molecular flexibility index (Phi) is 3.22. The van der Waals surface area contributed by atoms with E-state index < -0.39 is 0 Å². The van der Waals surface area contributed by atoms with Crippen molar-refractivity contribution in [1.82, 2.24) is 14.6 Å². The van der Waals surface area contributed by atoms with E-state index in [2.05, 4.69) is 30.2 Å². The number of nitrogens with zero attached hydrogens (tertiary/aromatic N) is 3. The van der Waals surface area contributed by atoms with E-state index in [-0.39, 0.29) is 5.82 Å². The zero-order valence-corrected chi connectivity index (χ0v) is 11.5. The molecule has 0 bridgehead atoms. The highest BCUT2D eigenvalue weighted by atomic mass is 19.1. The lowest BCUT2D eigenvalue weighted by atomic mass is 10.1. The number of benzene rings is 1. The first-order valence-corrected chi connectivity index (χ1v) is 6.71. The molecule has 0 saturated heterocycles. The maximum absolute atomic E-state index is 12.9. The zero-order valence-electron chi connectivity index (χ0n) is 11.5. The molecule has 0 saturated carbocycles. The van der Waals surface area contributed by atoms with Crippen molar-refractivity contribution in [2.24, 2.45) is 0 Å². The van der Waals surface area contributed by atoms with Crippen molar-refractivity contribution in [1.29, 1.82) is 0 Å². The Morgan fingerprint density at radius 2 is 1.70 bits per heavy atom. The van der Waals surface area contributed by atoms with Crippen LogP contribution in [0.15, 0.2) is 42.6 Å². The van der Waals surface area contributed by atoms with Crippen LogP contribution in [0.5, 0.6) is 0 Å². The number of hydrogen-bond acceptors (Lipinski definition) is 2. The Balaban J connectivity index is 1.95. The summed E-state index contributed by atoms with van der Waals surface area (Å²) < 4.78 is 14.9. The van der Waals surface area contributed by atoms with E-state index >= 15 is 0 Å². The summed E-state index contributed by atoms with van der Waals surface area (Å²) in [6, 6.07) is 10.6. The van der Waals surface area contributed by atoms with Gasteiger partial charge in [0.25, 0.3) is 0 Å². The number of hydrogen-bond donors (Lipinski definition) is 0. The molecule has 0 fully saturated rings. The largest absolute Gasteiger partial charge is 0.286 e. The molecule has 2 heterocycles. The topological polar surface area (TPSA) is 30.2 Å². The Bertz CT molecular complexity index is 729. The van der Waals surface area contributed by atoms with Crippen molar-refractivity contribution in [2.45, 2.75) is 26.2 Å². The minimum Gasteiger partial charge on any atom is -0.286 e. The van der Waals surface area contributed by atoms with E-state index in [0.29, 0.717) is 5.92 Å². The number of aromatic nitrogens is 3. The van der Waals surface area contributed by atoms with Crippen LogP contribution in [0, 0.1) is 5.82 Å². The Labute approximate surface area is 117 Å². The fourth-order valence-electron chi connectivity index (χ4n) is 2.29. The minimum absolute atomic E-state index is 0.204. The fourth-order valence-corrected chi connectivity index (χ4v) is 2.29. The van der Waals surface area contributed by atoms with Crippen LogP contribution >= 0.6 is 0 Å². The Morgan fingerprint density at radius 3 is 2.40 bits per heavy atom. The summed E-state index contributed by atoms with van der Waals surface area (Å²) in [6.45, 7) is 4.20. The van der Waals surface area contributed by atoms with Crippen LogP contribution in [0.4, 0.5) is 4.39 Å². The van der Waals surface area contributed by atoms with E-state index in [9.17, 15) is 4.39 Å². The molecule has 0 aliphatic carbocycles. The van der Waals surface area contributed by atoms with Gasteiger partial charge in [-0.05, 0) is 35.7 Å². The van der Waals surface area contributed by atoms with Crippen LogP contribution in [-0.4, -0.2) is 14.6 Å². The molecule has 102 valence electrons. The van der Waals surface area contributed by atoms with Crippen LogP contribution in [0.1, 0.15) is 36.7 Å². The van der Waals surface area contributed by atoms with Crippen LogP contribution in [-0.2, 0) is 6.42 Å². The molecule has 3 nitrogen and oxygen atoms in total. The summed E-state index contributed by atoms with van der Waals surface area (Å²) in [5.41, 5.74) is 3.10. The second kappa shape index (κ2) is 5.04. The summed E-state index contributed by atoms with van der Waals surface area (Å²) in [6.07, 6.45) is 2.83. The predicted octanol–water partition coefficient (Wildman–Crippen LogP) is 3.58. The standard InChI is InChI=1S/C16H16FN3/c1-11(2)16-19-18-15-8-5-13(10-20(15)16)9-12-3-6-14(17)7-4-12/h3-8,10-11H,9H2,1-2H3. The summed E-state index contributed by atoms with van der Waals surface area (Å²) in [5, 5.41) is 8.38. The van der Waals surface area contributed by atoms with E-state index in [4.69, 9.17) is 0 Å². The molecule has 0 radical (unpaired) electrons. The molecule has 2 aromatic heterocycles. The van der Waals surface area contributed by atoms with Crippen molar-refractivity contribution in [3.8, 4) is 0 Å². The lowest BCUT2D eigenvalue weighted by molar-refractivity contribution is 0.627. The summed E-state index contributed by atoms with van der Waals surface area (Å²) in [4.78, 5) is 0. The molecular weight excluding hydrogens is 253 g/mol. The van der Waals surface area contributed by atoms with Gasteiger partial charge in [-0.25, -0.2) is 4.39 Å². The number of rotatable bonds is 3. The summed E-state index contributed by atoms with van der Waals surface area (Å²) >= 11 is 0. The van der Waals surface area contributed by atoms with E-state index in [0.717, 1.165) is 29.0 Å². The van der Waals surface area contributed by atoms with Gasteiger partial charge in [-0.1, -0.05) is 32.0 Å². The third-order valence-electron chi connectivity index (χ3n) is 3.33.